The number of amides is 2. The zero-order valence-electron chi connectivity index (χ0n) is 21.7. The van der Waals surface area contributed by atoms with Crippen molar-refractivity contribution in [3.05, 3.63) is 94.3 Å². The third-order valence-electron chi connectivity index (χ3n) is 6.15. The number of hydrogen-bond donors (Lipinski definition) is 1. The first kappa shape index (κ1) is 29.1. The van der Waals surface area contributed by atoms with Gasteiger partial charge in [0.1, 0.15) is 18.4 Å². The lowest BCUT2D eigenvalue weighted by molar-refractivity contribution is -0.139. The summed E-state index contributed by atoms with van der Waals surface area (Å²) in [5, 5.41) is 3.00. The molecular weight excluding hydrogens is 529 g/mol. The van der Waals surface area contributed by atoms with Crippen molar-refractivity contribution in [1.29, 1.82) is 0 Å². The van der Waals surface area contributed by atoms with Crippen LogP contribution in [0.5, 0.6) is 0 Å². The van der Waals surface area contributed by atoms with Crippen LogP contribution in [0.25, 0.3) is 0 Å². The van der Waals surface area contributed by atoms with Crippen molar-refractivity contribution in [2.24, 2.45) is 0 Å². The molecule has 0 bridgehead atoms. The lowest BCUT2D eigenvalue weighted by Gasteiger charge is -2.32. The Morgan fingerprint density at radius 1 is 1.03 bits per heavy atom. The van der Waals surface area contributed by atoms with E-state index in [1.807, 2.05) is 6.92 Å². The number of benzene rings is 3. The summed E-state index contributed by atoms with van der Waals surface area (Å²) >= 11 is 6.31. The van der Waals surface area contributed by atoms with Gasteiger partial charge < -0.3 is 10.2 Å². The van der Waals surface area contributed by atoms with Gasteiger partial charge in [0.2, 0.25) is 11.8 Å². The van der Waals surface area contributed by atoms with Crippen LogP contribution >= 0.6 is 11.6 Å². The third kappa shape index (κ3) is 6.71. The molecule has 0 aliphatic rings. The summed E-state index contributed by atoms with van der Waals surface area (Å²) in [5.41, 5.74) is 1.99. The summed E-state index contributed by atoms with van der Waals surface area (Å²) in [6.07, 6.45) is 0. The van der Waals surface area contributed by atoms with Crippen molar-refractivity contribution < 1.29 is 22.4 Å². The van der Waals surface area contributed by atoms with Crippen LogP contribution in [-0.2, 0) is 26.2 Å². The number of likely N-dealkylation sites (N-methyl/N-ethyl adjacent to an activating group) is 1. The molecule has 2 amide bonds. The van der Waals surface area contributed by atoms with E-state index in [0.29, 0.717) is 11.6 Å². The molecule has 0 aliphatic heterocycles. The second-order valence-electron chi connectivity index (χ2n) is 8.94. The lowest BCUT2D eigenvalue weighted by atomic mass is 10.1. The van der Waals surface area contributed by atoms with Crippen molar-refractivity contribution in [2.75, 3.05) is 17.4 Å². The molecule has 0 heterocycles. The van der Waals surface area contributed by atoms with Gasteiger partial charge in [0.15, 0.2) is 0 Å². The van der Waals surface area contributed by atoms with Crippen molar-refractivity contribution >= 4 is 39.1 Å². The van der Waals surface area contributed by atoms with Gasteiger partial charge in [-0.3, -0.25) is 13.9 Å². The average Bonchev–Trinajstić information content (AvgIpc) is 2.88. The number of rotatable bonds is 10. The molecule has 38 heavy (non-hydrogen) atoms. The van der Waals surface area contributed by atoms with E-state index in [0.717, 1.165) is 15.4 Å². The maximum atomic E-state index is 14.5. The van der Waals surface area contributed by atoms with Gasteiger partial charge in [-0.15, -0.1) is 0 Å². The monoisotopic (exact) mass is 559 g/mol. The number of sulfonamides is 1. The van der Waals surface area contributed by atoms with Crippen molar-refractivity contribution in [3.63, 3.8) is 0 Å². The first-order chi connectivity index (χ1) is 17.9. The van der Waals surface area contributed by atoms with E-state index in [-0.39, 0.29) is 22.7 Å². The minimum atomic E-state index is -4.21. The van der Waals surface area contributed by atoms with Crippen LogP contribution in [0.1, 0.15) is 30.5 Å². The molecule has 3 rings (SSSR count). The molecule has 1 atom stereocenters. The number of carbonyl (C=O) groups excluding carboxylic acids is 2. The minimum absolute atomic E-state index is 0.00924. The minimum Gasteiger partial charge on any atom is -0.355 e. The number of nitrogens with zero attached hydrogens (tertiary/aromatic N) is 2. The topological polar surface area (TPSA) is 86.8 Å². The highest BCUT2D eigenvalue weighted by Crippen LogP contribution is 2.29. The van der Waals surface area contributed by atoms with E-state index < -0.39 is 40.2 Å². The Kier molecular flexibility index (Phi) is 9.51. The molecular formula is C28H31ClFN3O4S. The molecule has 0 radical (unpaired) electrons. The van der Waals surface area contributed by atoms with Gasteiger partial charge in [-0.1, -0.05) is 53.6 Å². The summed E-state index contributed by atoms with van der Waals surface area (Å²) in [4.78, 5) is 27.6. The summed E-state index contributed by atoms with van der Waals surface area (Å²) in [5.74, 6) is -1.66. The summed E-state index contributed by atoms with van der Waals surface area (Å²) in [6, 6.07) is 15.9. The van der Waals surface area contributed by atoms with E-state index in [2.05, 4.69) is 5.32 Å². The maximum Gasteiger partial charge on any atom is 0.264 e. The molecule has 0 aliphatic carbocycles. The van der Waals surface area contributed by atoms with Gasteiger partial charge >= 0.3 is 0 Å². The van der Waals surface area contributed by atoms with Gasteiger partial charge in [-0.2, -0.15) is 0 Å². The molecule has 7 nitrogen and oxygen atoms in total. The molecule has 0 spiro atoms. The predicted molar refractivity (Wildman–Crippen MR) is 147 cm³/mol. The molecule has 0 saturated heterocycles. The molecule has 3 aromatic carbocycles. The fraction of sp³-hybridized carbons (Fsp3) is 0.286. The zero-order chi connectivity index (χ0) is 28.0. The Morgan fingerprint density at radius 2 is 1.68 bits per heavy atom. The Balaban J connectivity index is 2.07. The smallest absolute Gasteiger partial charge is 0.264 e. The van der Waals surface area contributed by atoms with Crippen molar-refractivity contribution in [1.82, 2.24) is 10.2 Å². The number of aryl methyl sites for hydroxylation is 2. The second kappa shape index (κ2) is 12.4. The number of anilines is 1. The Labute approximate surface area is 228 Å². The Hall–Kier alpha value is -3.43. The standard InChI is InChI=1S/C28H31ClFN3O4S/c1-5-31-28(35)21(4)32(17-22-8-6-7-9-26(22)30)27(34)18-33(23-13-12-20(3)25(29)16-23)38(36,37)24-14-10-19(2)11-15-24/h6-16,21H,5,17-18H2,1-4H3,(H,31,35)/t21-/m1/s1. The number of nitrogens with one attached hydrogen (secondary N) is 1. The third-order valence-corrected chi connectivity index (χ3v) is 8.34. The van der Waals surface area contributed by atoms with Crippen LogP contribution < -0.4 is 9.62 Å². The van der Waals surface area contributed by atoms with Crippen molar-refractivity contribution in [2.45, 2.75) is 45.2 Å². The van der Waals surface area contributed by atoms with Crippen LogP contribution in [-0.4, -0.2) is 44.3 Å². The molecule has 10 heteroatoms. The van der Waals surface area contributed by atoms with Crippen LogP contribution in [0.4, 0.5) is 10.1 Å². The van der Waals surface area contributed by atoms with Crippen LogP contribution in [0, 0.1) is 19.7 Å². The van der Waals surface area contributed by atoms with E-state index >= 15 is 0 Å². The molecule has 0 unspecified atom stereocenters. The first-order valence-corrected chi connectivity index (χ1v) is 13.9. The molecule has 202 valence electrons. The molecule has 1 N–H and O–H groups in total. The Bertz CT molecular complexity index is 1410. The van der Waals surface area contributed by atoms with E-state index in [1.54, 1.807) is 44.2 Å². The van der Waals surface area contributed by atoms with Crippen molar-refractivity contribution in [3.8, 4) is 0 Å². The fourth-order valence-corrected chi connectivity index (χ4v) is 5.40. The molecule has 0 aromatic heterocycles. The number of halogens is 2. The lowest BCUT2D eigenvalue weighted by Crippen LogP contribution is -2.51. The van der Waals surface area contributed by atoms with E-state index in [9.17, 15) is 22.4 Å². The maximum absolute atomic E-state index is 14.5. The van der Waals surface area contributed by atoms with Crippen LogP contribution in [0.3, 0.4) is 0 Å². The number of carbonyl (C=O) groups is 2. The zero-order valence-corrected chi connectivity index (χ0v) is 23.3. The summed E-state index contributed by atoms with van der Waals surface area (Å²) in [6.45, 7) is 6.35. The molecule has 0 saturated carbocycles. The van der Waals surface area contributed by atoms with Crippen LogP contribution in [0.15, 0.2) is 71.6 Å². The van der Waals surface area contributed by atoms with Gasteiger partial charge in [-0.05, 0) is 63.6 Å². The summed E-state index contributed by atoms with van der Waals surface area (Å²) in [7, 11) is -4.21. The van der Waals surface area contributed by atoms with E-state index in [1.165, 1.54) is 48.2 Å². The number of hydrogen-bond acceptors (Lipinski definition) is 4. The predicted octanol–water partition coefficient (Wildman–Crippen LogP) is 4.84. The normalized spacial score (nSPS) is 12.1. The molecule has 0 fully saturated rings. The largest absolute Gasteiger partial charge is 0.355 e. The fourth-order valence-electron chi connectivity index (χ4n) is 3.82. The summed E-state index contributed by atoms with van der Waals surface area (Å²) < 4.78 is 43.1. The molecule has 3 aromatic rings. The highest BCUT2D eigenvalue weighted by molar-refractivity contribution is 7.92. The van der Waals surface area contributed by atoms with Gasteiger partial charge in [0.05, 0.1) is 10.6 Å². The first-order valence-electron chi connectivity index (χ1n) is 12.1. The SMILES string of the molecule is CCNC(=O)[C@@H](C)N(Cc1ccccc1F)C(=O)CN(c1ccc(C)c(Cl)c1)S(=O)(=O)c1ccc(C)cc1. The van der Waals surface area contributed by atoms with Crippen LogP contribution in [0.2, 0.25) is 5.02 Å². The average molecular weight is 560 g/mol. The highest BCUT2D eigenvalue weighted by atomic mass is 35.5. The highest BCUT2D eigenvalue weighted by Gasteiger charge is 2.33. The van der Waals surface area contributed by atoms with Gasteiger partial charge in [0.25, 0.3) is 10.0 Å². The quantitative estimate of drug-likeness (QED) is 0.385. The Morgan fingerprint density at radius 3 is 2.29 bits per heavy atom. The van der Waals surface area contributed by atoms with Gasteiger partial charge in [-0.25, -0.2) is 12.8 Å². The van der Waals surface area contributed by atoms with Gasteiger partial charge in [0, 0.05) is 23.7 Å². The second-order valence-corrected chi connectivity index (χ2v) is 11.2. The van der Waals surface area contributed by atoms with E-state index in [4.69, 9.17) is 11.6 Å².